The van der Waals surface area contributed by atoms with Crippen molar-refractivity contribution in [2.45, 2.75) is 69.4 Å². The van der Waals surface area contributed by atoms with Gasteiger partial charge in [0.15, 0.2) is 5.79 Å². The van der Waals surface area contributed by atoms with Crippen LogP contribution in [0.1, 0.15) is 51.9 Å². The van der Waals surface area contributed by atoms with Gasteiger partial charge in [-0.3, -0.25) is 0 Å². The van der Waals surface area contributed by atoms with Gasteiger partial charge < -0.3 is 14.6 Å². The Hall–Kier alpha value is -0.380. The van der Waals surface area contributed by atoms with E-state index in [1.807, 2.05) is 13.0 Å². The number of rotatable bonds is 4. The third-order valence-corrected chi connectivity index (χ3v) is 4.02. The fourth-order valence-electron chi connectivity index (χ4n) is 2.77. The SMILES string of the molecule is C=CCC[C@](C)(O)[C@H]1COC2(CCCCC2)O1. The van der Waals surface area contributed by atoms with E-state index in [0.717, 1.165) is 19.3 Å². The van der Waals surface area contributed by atoms with Crippen molar-refractivity contribution >= 4 is 0 Å². The van der Waals surface area contributed by atoms with Crippen LogP contribution >= 0.6 is 0 Å². The van der Waals surface area contributed by atoms with E-state index >= 15 is 0 Å². The third-order valence-electron chi connectivity index (χ3n) is 4.02. The largest absolute Gasteiger partial charge is 0.387 e. The summed E-state index contributed by atoms with van der Waals surface area (Å²) in [6.07, 6.45) is 8.68. The molecule has 1 N–H and O–H groups in total. The predicted octanol–water partition coefficient (Wildman–Crippen LogP) is 2.78. The number of ether oxygens (including phenoxy) is 2. The van der Waals surface area contributed by atoms with Crippen molar-refractivity contribution in [3.8, 4) is 0 Å². The van der Waals surface area contributed by atoms with Crippen molar-refractivity contribution in [3.05, 3.63) is 12.7 Å². The van der Waals surface area contributed by atoms with Gasteiger partial charge in [-0.15, -0.1) is 6.58 Å². The fraction of sp³-hybridized carbons (Fsp3) is 0.857. The molecule has 0 radical (unpaired) electrons. The van der Waals surface area contributed by atoms with E-state index in [9.17, 15) is 5.11 Å². The molecule has 17 heavy (non-hydrogen) atoms. The minimum absolute atomic E-state index is 0.194. The average molecular weight is 240 g/mol. The first-order chi connectivity index (χ1) is 8.08. The summed E-state index contributed by atoms with van der Waals surface area (Å²) in [7, 11) is 0. The van der Waals surface area contributed by atoms with Crippen molar-refractivity contribution in [2.24, 2.45) is 0 Å². The Morgan fingerprint density at radius 3 is 2.76 bits per heavy atom. The lowest BCUT2D eigenvalue weighted by Crippen LogP contribution is -2.43. The van der Waals surface area contributed by atoms with Crippen molar-refractivity contribution in [2.75, 3.05) is 6.61 Å². The summed E-state index contributed by atoms with van der Waals surface area (Å²) >= 11 is 0. The first kappa shape index (κ1) is 13.1. The molecule has 0 aromatic carbocycles. The monoisotopic (exact) mass is 240 g/mol. The molecule has 0 amide bonds. The molecule has 0 aromatic rings. The van der Waals surface area contributed by atoms with Gasteiger partial charge in [0.2, 0.25) is 0 Å². The van der Waals surface area contributed by atoms with Crippen LogP contribution in [0.3, 0.4) is 0 Å². The van der Waals surface area contributed by atoms with Crippen molar-refractivity contribution in [1.29, 1.82) is 0 Å². The van der Waals surface area contributed by atoms with Crippen LogP contribution < -0.4 is 0 Å². The number of hydrogen-bond acceptors (Lipinski definition) is 3. The molecule has 1 aliphatic carbocycles. The molecule has 0 unspecified atom stereocenters. The van der Waals surface area contributed by atoms with E-state index in [-0.39, 0.29) is 11.9 Å². The Labute approximate surface area is 104 Å². The standard InChI is InChI=1S/C14H24O3/c1-3-4-8-13(2,15)12-11-16-14(17-12)9-6-5-7-10-14/h3,12,15H,1,4-11H2,2H3/t12-,13+/m1/s1. The van der Waals surface area contributed by atoms with E-state index in [1.54, 1.807) is 0 Å². The van der Waals surface area contributed by atoms with Crippen LogP contribution in [0.5, 0.6) is 0 Å². The molecule has 0 aromatic heterocycles. The highest BCUT2D eigenvalue weighted by molar-refractivity contribution is 4.92. The number of aliphatic hydroxyl groups is 1. The quantitative estimate of drug-likeness (QED) is 0.768. The molecule has 1 saturated heterocycles. The molecule has 2 atom stereocenters. The molecule has 2 aliphatic rings. The summed E-state index contributed by atoms with van der Waals surface area (Å²) < 4.78 is 11.9. The smallest absolute Gasteiger partial charge is 0.169 e. The first-order valence-electron chi connectivity index (χ1n) is 6.73. The summed E-state index contributed by atoms with van der Waals surface area (Å²) in [5.74, 6) is -0.388. The molecule has 0 bridgehead atoms. The summed E-state index contributed by atoms with van der Waals surface area (Å²) in [4.78, 5) is 0. The van der Waals surface area contributed by atoms with E-state index in [0.29, 0.717) is 13.0 Å². The first-order valence-corrected chi connectivity index (χ1v) is 6.73. The zero-order valence-electron chi connectivity index (χ0n) is 10.8. The lowest BCUT2D eigenvalue weighted by atomic mass is 9.92. The third kappa shape index (κ3) is 2.90. The second kappa shape index (κ2) is 5.09. The molecule has 2 rings (SSSR count). The van der Waals surface area contributed by atoms with Crippen molar-refractivity contribution < 1.29 is 14.6 Å². The van der Waals surface area contributed by atoms with Crippen LogP contribution in [0.25, 0.3) is 0 Å². The molecule has 3 heteroatoms. The Balaban J connectivity index is 1.93. The Bertz CT molecular complexity index is 267. The Kier molecular flexibility index (Phi) is 3.91. The summed E-state index contributed by atoms with van der Waals surface area (Å²) in [5.41, 5.74) is -0.810. The van der Waals surface area contributed by atoms with Crippen LogP contribution in [0.4, 0.5) is 0 Å². The predicted molar refractivity (Wildman–Crippen MR) is 66.7 cm³/mol. The second-order valence-electron chi connectivity index (χ2n) is 5.57. The summed E-state index contributed by atoms with van der Waals surface area (Å²) in [6.45, 7) is 6.05. The minimum atomic E-state index is -0.810. The Morgan fingerprint density at radius 2 is 2.12 bits per heavy atom. The van der Waals surface area contributed by atoms with Gasteiger partial charge in [0.25, 0.3) is 0 Å². The molecule has 1 heterocycles. The van der Waals surface area contributed by atoms with Crippen molar-refractivity contribution in [1.82, 2.24) is 0 Å². The maximum Gasteiger partial charge on any atom is 0.169 e. The molecule has 3 nitrogen and oxygen atoms in total. The zero-order valence-corrected chi connectivity index (χ0v) is 10.8. The molecule has 98 valence electrons. The van der Waals surface area contributed by atoms with E-state index in [4.69, 9.17) is 9.47 Å². The molecule has 1 aliphatic heterocycles. The van der Waals surface area contributed by atoms with Crippen molar-refractivity contribution in [3.63, 3.8) is 0 Å². The molecule has 2 fully saturated rings. The van der Waals surface area contributed by atoms with Gasteiger partial charge in [-0.1, -0.05) is 12.5 Å². The minimum Gasteiger partial charge on any atom is -0.387 e. The van der Waals surface area contributed by atoms with Gasteiger partial charge >= 0.3 is 0 Å². The zero-order chi connectivity index (χ0) is 12.4. The van der Waals surface area contributed by atoms with Gasteiger partial charge in [0, 0.05) is 12.8 Å². The van der Waals surface area contributed by atoms with Crippen LogP contribution in [0, 0.1) is 0 Å². The molecular weight excluding hydrogens is 216 g/mol. The molecular formula is C14H24O3. The van der Waals surface area contributed by atoms with E-state index in [1.165, 1.54) is 19.3 Å². The van der Waals surface area contributed by atoms with Crippen LogP contribution in [0.2, 0.25) is 0 Å². The summed E-state index contributed by atoms with van der Waals surface area (Å²) in [6, 6.07) is 0. The maximum atomic E-state index is 10.4. The highest BCUT2D eigenvalue weighted by Crippen LogP contribution is 2.40. The number of allylic oxidation sites excluding steroid dienone is 1. The van der Waals surface area contributed by atoms with E-state index < -0.39 is 5.60 Å². The number of hydrogen-bond donors (Lipinski definition) is 1. The topological polar surface area (TPSA) is 38.7 Å². The van der Waals surface area contributed by atoms with E-state index in [2.05, 4.69) is 6.58 Å². The highest BCUT2D eigenvalue weighted by Gasteiger charge is 2.47. The second-order valence-corrected chi connectivity index (χ2v) is 5.57. The maximum absolute atomic E-state index is 10.4. The lowest BCUT2D eigenvalue weighted by molar-refractivity contribution is -0.206. The Morgan fingerprint density at radius 1 is 1.41 bits per heavy atom. The van der Waals surface area contributed by atoms with Gasteiger partial charge in [-0.05, 0) is 32.6 Å². The normalized spacial score (nSPS) is 31.3. The van der Waals surface area contributed by atoms with Gasteiger partial charge in [0.05, 0.1) is 12.2 Å². The van der Waals surface area contributed by atoms with Gasteiger partial charge in [-0.25, -0.2) is 0 Å². The fourth-order valence-corrected chi connectivity index (χ4v) is 2.77. The lowest BCUT2D eigenvalue weighted by Gasteiger charge is -2.34. The summed E-state index contributed by atoms with van der Waals surface area (Å²) in [5, 5.41) is 10.4. The van der Waals surface area contributed by atoms with Gasteiger partial charge in [-0.2, -0.15) is 0 Å². The van der Waals surface area contributed by atoms with Gasteiger partial charge in [0.1, 0.15) is 6.10 Å². The van der Waals surface area contributed by atoms with Crippen LogP contribution in [-0.2, 0) is 9.47 Å². The molecule has 1 spiro atoms. The average Bonchev–Trinajstić information content (AvgIpc) is 2.72. The molecule has 1 saturated carbocycles. The highest BCUT2D eigenvalue weighted by atomic mass is 16.7. The van der Waals surface area contributed by atoms with Crippen LogP contribution in [0.15, 0.2) is 12.7 Å². The van der Waals surface area contributed by atoms with Crippen LogP contribution in [-0.4, -0.2) is 29.2 Å².